The number of likely N-dealkylation sites (tertiary alicyclic amines) is 1. The van der Waals surface area contributed by atoms with Gasteiger partial charge in [-0.15, -0.1) is 0 Å². The first-order valence-corrected chi connectivity index (χ1v) is 5.75. The number of amides is 2. The number of hydrogen-bond donors (Lipinski definition) is 1. The molecule has 0 spiro atoms. The van der Waals surface area contributed by atoms with Gasteiger partial charge in [0.15, 0.2) is 0 Å². The summed E-state index contributed by atoms with van der Waals surface area (Å²) in [4.78, 5) is 30.0. The Morgan fingerprint density at radius 2 is 2.33 bits per heavy atom. The molecule has 96 valence electrons. The zero-order valence-electron chi connectivity index (χ0n) is 10.1. The zero-order valence-corrected chi connectivity index (χ0v) is 10.1. The number of aromatic nitrogens is 1. The minimum Gasteiger partial charge on any atom is -0.481 e. The van der Waals surface area contributed by atoms with E-state index in [1.165, 1.54) is 4.90 Å². The van der Waals surface area contributed by atoms with Gasteiger partial charge in [0.05, 0.1) is 17.8 Å². The third-order valence-electron chi connectivity index (χ3n) is 3.13. The van der Waals surface area contributed by atoms with Gasteiger partial charge in [-0.1, -0.05) is 0 Å². The number of carboxylic acids is 1. The van der Waals surface area contributed by atoms with Gasteiger partial charge >= 0.3 is 12.0 Å². The van der Waals surface area contributed by atoms with Crippen LogP contribution < -0.4 is 4.90 Å². The Hall–Kier alpha value is -2.11. The molecule has 0 bridgehead atoms. The first-order valence-electron chi connectivity index (χ1n) is 5.75. The molecule has 1 aliphatic rings. The molecule has 0 aliphatic carbocycles. The number of carbonyl (C=O) groups excluding carboxylic acids is 1. The number of rotatable bonds is 2. The molecule has 1 atom stereocenters. The molecule has 2 heterocycles. The fourth-order valence-corrected chi connectivity index (χ4v) is 2.01. The lowest BCUT2D eigenvalue weighted by molar-refractivity contribution is -0.141. The van der Waals surface area contributed by atoms with E-state index in [2.05, 4.69) is 4.98 Å². The first-order chi connectivity index (χ1) is 8.59. The van der Waals surface area contributed by atoms with Crippen molar-refractivity contribution in [1.29, 1.82) is 0 Å². The van der Waals surface area contributed by atoms with E-state index in [0.717, 1.165) is 0 Å². The Kier molecular flexibility index (Phi) is 3.45. The summed E-state index contributed by atoms with van der Waals surface area (Å²) in [5, 5.41) is 8.91. The fraction of sp³-hybridized carbons (Fsp3) is 0.417. The number of pyridine rings is 1. The molecule has 1 aromatic rings. The first kappa shape index (κ1) is 12.3. The molecular weight excluding hydrogens is 234 g/mol. The van der Waals surface area contributed by atoms with Crippen LogP contribution in [0.4, 0.5) is 10.5 Å². The highest BCUT2D eigenvalue weighted by molar-refractivity contribution is 5.91. The van der Waals surface area contributed by atoms with E-state index in [0.29, 0.717) is 18.7 Å². The topological polar surface area (TPSA) is 73.7 Å². The van der Waals surface area contributed by atoms with Crippen LogP contribution in [0.25, 0.3) is 0 Å². The van der Waals surface area contributed by atoms with E-state index in [-0.39, 0.29) is 12.6 Å². The lowest BCUT2D eigenvalue weighted by atomic mass is 10.1. The molecule has 0 aromatic carbocycles. The summed E-state index contributed by atoms with van der Waals surface area (Å²) in [6.07, 6.45) is 3.75. The van der Waals surface area contributed by atoms with E-state index in [9.17, 15) is 9.59 Å². The average Bonchev–Trinajstić information content (AvgIpc) is 2.88. The van der Waals surface area contributed by atoms with E-state index in [1.807, 2.05) is 0 Å². The Morgan fingerprint density at radius 3 is 2.89 bits per heavy atom. The van der Waals surface area contributed by atoms with Crippen molar-refractivity contribution < 1.29 is 14.7 Å². The van der Waals surface area contributed by atoms with Crippen LogP contribution in [0.3, 0.4) is 0 Å². The molecule has 2 rings (SSSR count). The van der Waals surface area contributed by atoms with E-state index in [1.54, 1.807) is 36.5 Å². The van der Waals surface area contributed by atoms with Gasteiger partial charge in [-0.3, -0.25) is 14.7 Å². The summed E-state index contributed by atoms with van der Waals surface area (Å²) in [5.74, 6) is -1.29. The number of hydrogen-bond acceptors (Lipinski definition) is 3. The maximum absolute atomic E-state index is 12.1. The number of nitrogens with zero attached hydrogens (tertiary/aromatic N) is 3. The standard InChI is InChI=1S/C12H15N3O3/c1-14(10-3-2-5-13-7-10)12(18)15-6-4-9(8-15)11(16)17/h2-3,5,7,9H,4,6,8H2,1H3,(H,16,17). The molecule has 6 nitrogen and oxygen atoms in total. The van der Waals surface area contributed by atoms with Crippen molar-refractivity contribution in [2.24, 2.45) is 5.92 Å². The van der Waals surface area contributed by atoms with Gasteiger partial charge in [0.2, 0.25) is 0 Å². The van der Waals surface area contributed by atoms with Gasteiger partial charge in [0.1, 0.15) is 0 Å². The number of aliphatic carboxylic acids is 1. The monoisotopic (exact) mass is 249 g/mol. The predicted molar refractivity (Wildman–Crippen MR) is 65.4 cm³/mol. The van der Waals surface area contributed by atoms with E-state index < -0.39 is 11.9 Å². The van der Waals surface area contributed by atoms with Gasteiger partial charge in [0.25, 0.3) is 0 Å². The molecule has 1 unspecified atom stereocenters. The van der Waals surface area contributed by atoms with Crippen molar-refractivity contribution in [3.05, 3.63) is 24.5 Å². The maximum atomic E-state index is 12.1. The van der Waals surface area contributed by atoms with Gasteiger partial charge in [-0.05, 0) is 18.6 Å². The van der Waals surface area contributed by atoms with Crippen LogP contribution in [-0.4, -0.2) is 47.1 Å². The van der Waals surface area contributed by atoms with Crippen molar-refractivity contribution in [3.8, 4) is 0 Å². The molecular formula is C12H15N3O3. The summed E-state index contributed by atoms with van der Waals surface area (Å²) in [7, 11) is 1.66. The van der Waals surface area contributed by atoms with Crippen LogP contribution in [0.5, 0.6) is 0 Å². The third kappa shape index (κ3) is 2.42. The van der Waals surface area contributed by atoms with Crippen molar-refractivity contribution in [2.45, 2.75) is 6.42 Å². The average molecular weight is 249 g/mol. The summed E-state index contributed by atoms with van der Waals surface area (Å²) in [6.45, 7) is 0.763. The number of carboxylic acid groups (broad SMARTS) is 1. The fourth-order valence-electron chi connectivity index (χ4n) is 2.01. The van der Waals surface area contributed by atoms with Crippen LogP contribution >= 0.6 is 0 Å². The van der Waals surface area contributed by atoms with Gasteiger partial charge < -0.3 is 10.0 Å². The Balaban J connectivity index is 2.02. The lowest BCUT2D eigenvalue weighted by Gasteiger charge is -2.24. The Bertz CT molecular complexity index is 449. The second kappa shape index (κ2) is 5.03. The molecule has 0 saturated carbocycles. The highest BCUT2D eigenvalue weighted by atomic mass is 16.4. The number of anilines is 1. The molecule has 1 aromatic heterocycles. The summed E-state index contributed by atoms with van der Waals surface area (Å²) in [5.41, 5.74) is 0.696. The molecule has 18 heavy (non-hydrogen) atoms. The minimum atomic E-state index is -0.839. The molecule has 2 amide bonds. The summed E-state index contributed by atoms with van der Waals surface area (Å²) >= 11 is 0. The number of urea groups is 1. The van der Waals surface area contributed by atoms with Crippen LogP contribution in [-0.2, 0) is 4.79 Å². The predicted octanol–water partition coefficient (Wildman–Crippen LogP) is 1.04. The van der Waals surface area contributed by atoms with Gasteiger partial charge in [0, 0.05) is 26.3 Å². The Labute approximate surface area is 105 Å². The van der Waals surface area contributed by atoms with Gasteiger partial charge in [-0.25, -0.2) is 4.79 Å². The highest BCUT2D eigenvalue weighted by Crippen LogP contribution is 2.19. The normalized spacial score (nSPS) is 18.7. The lowest BCUT2D eigenvalue weighted by Crippen LogP contribution is -2.40. The smallest absolute Gasteiger partial charge is 0.324 e. The van der Waals surface area contributed by atoms with Crippen molar-refractivity contribution in [1.82, 2.24) is 9.88 Å². The van der Waals surface area contributed by atoms with E-state index >= 15 is 0 Å². The highest BCUT2D eigenvalue weighted by Gasteiger charge is 2.32. The largest absolute Gasteiger partial charge is 0.481 e. The van der Waals surface area contributed by atoms with Crippen LogP contribution in [0.1, 0.15) is 6.42 Å². The van der Waals surface area contributed by atoms with E-state index in [4.69, 9.17) is 5.11 Å². The summed E-state index contributed by atoms with van der Waals surface area (Å²) in [6, 6.07) is 3.35. The summed E-state index contributed by atoms with van der Waals surface area (Å²) < 4.78 is 0. The second-order valence-corrected chi connectivity index (χ2v) is 4.32. The molecule has 1 N–H and O–H groups in total. The van der Waals surface area contributed by atoms with Gasteiger partial charge in [-0.2, -0.15) is 0 Å². The minimum absolute atomic E-state index is 0.188. The third-order valence-corrected chi connectivity index (χ3v) is 3.13. The SMILES string of the molecule is CN(C(=O)N1CCC(C(=O)O)C1)c1cccnc1. The molecule has 0 radical (unpaired) electrons. The zero-order chi connectivity index (χ0) is 13.1. The van der Waals surface area contributed by atoms with Crippen molar-refractivity contribution >= 4 is 17.7 Å². The van der Waals surface area contributed by atoms with Crippen molar-refractivity contribution in [2.75, 3.05) is 25.0 Å². The second-order valence-electron chi connectivity index (χ2n) is 4.32. The molecule has 6 heteroatoms. The van der Waals surface area contributed by atoms with Crippen LogP contribution in [0.2, 0.25) is 0 Å². The maximum Gasteiger partial charge on any atom is 0.324 e. The molecule has 1 saturated heterocycles. The number of carbonyl (C=O) groups is 2. The Morgan fingerprint density at radius 1 is 1.56 bits per heavy atom. The van der Waals surface area contributed by atoms with Crippen molar-refractivity contribution in [3.63, 3.8) is 0 Å². The molecule has 1 fully saturated rings. The molecule has 1 aliphatic heterocycles. The quantitative estimate of drug-likeness (QED) is 0.850. The van der Waals surface area contributed by atoms with Crippen LogP contribution in [0, 0.1) is 5.92 Å². The van der Waals surface area contributed by atoms with Crippen LogP contribution in [0.15, 0.2) is 24.5 Å².